The minimum absolute atomic E-state index is 0.0135. The van der Waals surface area contributed by atoms with E-state index >= 15 is 0 Å². The van der Waals surface area contributed by atoms with Crippen molar-refractivity contribution in [2.24, 2.45) is 0 Å². The molecule has 2 aliphatic heterocycles. The molecule has 0 radical (unpaired) electrons. The maximum Gasteiger partial charge on any atom is 0.407 e. The van der Waals surface area contributed by atoms with Crippen LogP contribution in [0.5, 0.6) is 0 Å². The van der Waals surface area contributed by atoms with Gasteiger partial charge >= 0.3 is 12.1 Å². The zero-order valence-electron chi connectivity index (χ0n) is 17.7. The van der Waals surface area contributed by atoms with E-state index in [0.29, 0.717) is 26.0 Å². The third kappa shape index (κ3) is 6.31. The molecule has 2 bridgehead atoms. The number of benzene rings is 1. The van der Waals surface area contributed by atoms with Crippen LogP contribution in [0.1, 0.15) is 38.2 Å². The molecule has 170 valence electrons. The van der Waals surface area contributed by atoms with E-state index < -0.39 is 12.1 Å². The lowest BCUT2D eigenvalue weighted by Gasteiger charge is -2.28. The quantitative estimate of drug-likeness (QED) is 0.407. The molecule has 0 saturated carbocycles. The second-order valence-corrected chi connectivity index (χ2v) is 7.50. The van der Waals surface area contributed by atoms with Crippen LogP contribution in [0.25, 0.3) is 0 Å². The van der Waals surface area contributed by atoms with Gasteiger partial charge in [0.1, 0.15) is 12.6 Å². The van der Waals surface area contributed by atoms with E-state index in [1.807, 2.05) is 30.3 Å². The minimum Gasteiger partial charge on any atom is -0.445 e. The molecule has 3 rings (SSSR count). The van der Waals surface area contributed by atoms with Crippen LogP contribution < -0.4 is 10.8 Å². The normalized spacial score (nSPS) is 20.0. The van der Waals surface area contributed by atoms with Gasteiger partial charge < -0.3 is 15.0 Å². The number of unbranched alkanes of at least 4 members (excludes halogenated alkanes) is 1. The molecule has 2 N–H and O–H groups in total. The van der Waals surface area contributed by atoms with Gasteiger partial charge in [-0.2, -0.15) is 5.06 Å². The monoisotopic (exact) mass is 434 g/mol. The predicted molar refractivity (Wildman–Crippen MR) is 110 cm³/mol. The zero-order chi connectivity index (χ0) is 22.1. The second kappa shape index (κ2) is 11.5. The third-order valence-electron chi connectivity index (χ3n) is 5.21. The SMILES string of the molecule is CCCCON1C(=O)N2C[C@@H]1CC[C@H]2C(=O)NOCCNC(=O)OCc1ccccc1. The highest BCUT2D eigenvalue weighted by molar-refractivity contribution is 5.88. The number of rotatable bonds is 11. The number of nitrogens with zero attached hydrogens (tertiary/aromatic N) is 2. The lowest BCUT2D eigenvalue weighted by molar-refractivity contribution is -0.138. The number of piperidine rings is 1. The molecular formula is C21H30N4O6. The largest absolute Gasteiger partial charge is 0.445 e. The van der Waals surface area contributed by atoms with Gasteiger partial charge in [0.05, 0.1) is 19.3 Å². The Labute approximate surface area is 181 Å². The Balaban J connectivity index is 1.31. The number of amides is 4. The average Bonchev–Trinajstić information content (AvgIpc) is 3.02. The van der Waals surface area contributed by atoms with Crippen molar-refractivity contribution in [3.63, 3.8) is 0 Å². The first-order valence-corrected chi connectivity index (χ1v) is 10.7. The van der Waals surface area contributed by atoms with Gasteiger partial charge in [-0.1, -0.05) is 43.7 Å². The predicted octanol–water partition coefficient (Wildman–Crippen LogP) is 1.96. The van der Waals surface area contributed by atoms with Gasteiger partial charge in [0.25, 0.3) is 5.91 Å². The summed E-state index contributed by atoms with van der Waals surface area (Å²) in [5, 5.41) is 3.96. The Hall–Kier alpha value is -2.85. The minimum atomic E-state index is -0.590. The van der Waals surface area contributed by atoms with Crippen LogP contribution in [0.2, 0.25) is 0 Å². The van der Waals surface area contributed by atoms with E-state index in [4.69, 9.17) is 14.4 Å². The van der Waals surface area contributed by atoms with E-state index in [1.54, 1.807) is 0 Å². The highest BCUT2D eigenvalue weighted by atomic mass is 16.7. The first-order valence-electron chi connectivity index (χ1n) is 10.7. The van der Waals surface area contributed by atoms with Gasteiger partial charge in [-0.05, 0) is 24.8 Å². The summed E-state index contributed by atoms with van der Waals surface area (Å²) in [4.78, 5) is 49.0. The second-order valence-electron chi connectivity index (χ2n) is 7.50. The van der Waals surface area contributed by atoms with Crippen molar-refractivity contribution in [2.45, 2.75) is 51.3 Å². The molecule has 4 amide bonds. The smallest absolute Gasteiger partial charge is 0.407 e. The molecule has 0 spiro atoms. The third-order valence-corrected chi connectivity index (χ3v) is 5.21. The number of fused-ring (bicyclic) bond motifs is 2. The highest BCUT2D eigenvalue weighted by Crippen LogP contribution is 2.30. The van der Waals surface area contributed by atoms with Crippen molar-refractivity contribution < 1.29 is 28.8 Å². The van der Waals surface area contributed by atoms with Crippen molar-refractivity contribution in [1.29, 1.82) is 0 Å². The van der Waals surface area contributed by atoms with E-state index in [0.717, 1.165) is 18.4 Å². The summed E-state index contributed by atoms with van der Waals surface area (Å²) in [5.74, 6) is -0.381. The Morgan fingerprint density at radius 2 is 1.97 bits per heavy atom. The molecule has 0 unspecified atom stereocenters. The summed E-state index contributed by atoms with van der Waals surface area (Å²) < 4.78 is 5.09. The topological polar surface area (TPSA) is 109 Å². The van der Waals surface area contributed by atoms with Crippen molar-refractivity contribution >= 4 is 18.0 Å². The number of nitrogens with one attached hydrogen (secondary N) is 2. The summed E-state index contributed by atoms with van der Waals surface area (Å²) in [5.41, 5.74) is 3.26. The van der Waals surface area contributed by atoms with E-state index in [2.05, 4.69) is 17.7 Å². The summed E-state index contributed by atoms with van der Waals surface area (Å²) in [7, 11) is 0. The van der Waals surface area contributed by atoms with Crippen LogP contribution in [-0.4, -0.2) is 66.4 Å². The van der Waals surface area contributed by atoms with Gasteiger partial charge in [-0.15, -0.1) is 0 Å². The Morgan fingerprint density at radius 1 is 1.16 bits per heavy atom. The van der Waals surface area contributed by atoms with Crippen LogP contribution in [-0.2, 0) is 25.8 Å². The Kier molecular flexibility index (Phi) is 8.48. The summed E-state index contributed by atoms with van der Waals surface area (Å²) in [6.07, 6.45) is 2.54. The Bertz CT molecular complexity index is 747. The Morgan fingerprint density at radius 3 is 2.74 bits per heavy atom. The van der Waals surface area contributed by atoms with Crippen molar-refractivity contribution in [1.82, 2.24) is 20.8 Å². The summed E-state index contributed by atoms with van der Waals surface area (Å²) in [6.45, 7) is 3.44. The highest BCUT2D eigenvalue weighted by Gasteiger charge is 2.47. The van der Waals surface area contributed by atoms with Crippen molar-refractivity contribution in [2.75, 3.05) is 26.3 Å². The molecule has 2 fully saturated rings. The number of ether oxygens (including phenoxy) is 1. The van der Waals surface area contributed by atoms with Crippen LogP contribution >= 0.6 is 0 Å². The lowest BCUT2D eigenvalue weighted by Crippen LogP contribution is -2.50. The van der Waals surface area contributed by atoms with Crippen LogP contribution in [0.15, 0.2) is 30.3 Å². The fraction of sp³-hybridized carbons (Fsp3) is 0.571. The molecule has 1 aromatic carbocycles. The van der Waals surface area contributed by atoms with Crippen LogP contribution in [0, 0.1) is 0 Å². The van der Waals surface area contributed by atoms with E-state index in [9.17, 15) is 14.4 Å². The maximum atomic E-state index is 12.6. The molecule has 10 nitrogen and oxygen atoms in total. The standard InChI is InChI=1S/C21H30N4O6/c1-2-3-12-31-25-17-9-10-18(24(14-17)21(25)28)19(26)23-30-13-11-22-20(27)29-15-16-7-5-4-6-8-16/h4-8,17-18H,2-3,9-15H2,1H3,(H,22,27)(H,23,26)/t17-,18-/m0/s1. The van der Waals surface area contributed by atoms with Crippen LogP contribution in [0.4, 0.5) is 9.59 Å². The first kappa shape index (κ1) is 22.8. The fourth-order valence-corrected chi connectivity index (χ4v) is 3.55. The van der Waals surface area contributed by atoms with Gasteiger partial charge in [0.2, 0.25) is 0 Å². The molecule has 2 atom stereocenters. The molecule has 0 aliphatic carbocycles. The number of hydrogen-bond acceptors (Lipinski definition) is 6. The van der Waals surface area contributed by atoms with Crippen molar-refractivity contribution in [3.05, 3.63) is 35.9 Å². The van der Waals surface area contributed by atoms with Gasteiger partial charge in [0.15, 0.2) is 0 Å². The van der Waals surface area contributed by atoms with E-state index in [1.165, 1.54) is 9.96 Å². The van der Waals surface area contributed by atoms with Gasteiger partial charge in [-0.3, -0.25) is 14.5 Å². The lowest BCUT2D eigenvalue weighted by atomic mass is 10.0. The van der Waals surface area contributed by atoms with Gasteiger partial charge in [0, 0.05) is 13.1 Å². The summed E-state index contributed by atoms with van der Waals surface area (Å²) >= 11 is 0. The molecule has 0 aromatic heterocycles. The molecule has 2 aliphatic rings. The zero-order valence-corrected chi connectivity index (χ0v) is 17.7. The van der Waals surface area contributed by atoms with Crippen LogP contribution in [0.3, 0.4) is 0 Å². The molecule has 2 heterocycles. The van der Waals surface area contributed by atoms with E-state index in [-0.39, 0.29) is 37.7 Å². The number of hydrogen-bond donors (Lipinski definition) is 2. The van der Waals surface area contributed by atoms with Crippen molar-refractivity contribution in [3.8, 4) is 0 Å². The molecule has 10 heteroatoms. The maximum absolute atomic E-state index is 12.6. The first-order chi connectivity index (χ1) is 15.1. The number of hydroxylamine groups is 3. The van der Waals surface area contributed by atoms with Gasteiger partial charge in [-0.25, -0.2) is 15.1 Å². The number of carbonyl (C=O) groups excluding carboxylic acids is 3. The fourth-order valence-electron chi connectivity index (χ4n) is 3.55. The molecule has 1 aromatic rings. The summed E-state index contributed by atoms with van der Waals surface area (Å²) in [6, 6.07) is 8.47. The molecule has 31 heavy (non-hydrogen) atoms. The molecular weight excluding hydrogens is 404 g/mol. The number of urea groups is 1. The molecule has 2 saturated heterocycles. The number of carbonyl (C=O) groups is 3. The number of alkyl carbamates (subject to hydrolysis) is 1. The average molecular weight is 434 g/mol.